The maximum atomic E-state index is 13.4. The van der Waals surface area contributed by atoms with Crippen molar-refractivity contribution in [3.05, 3.63) is 35.6 Å². The molecule has 0 bridgehead atoms. The van der Waals surface area contributed by atoms with E-state index in [0.717, 1.165) is 12.1 Å². The molecule has 0 aliphatic carbocycles. The van der Waals surface area contributed by atoms with Crippen molar-refractivity contribution >= 4 is 11.0 Å². The SMILES string of the molecule is CC(C)C(N)c1cc2c(F)ccc(F)c2o1. The third kappa shape index (κ3) is 1.69. The van der Waals surface area contributed by atoms with E-state index in [4.69, 9.17) is 10.2 Å². The predicted molar refractivity (Wildman–Crippen MR) is 57.9 cm³/mol. The van der Waals surface area contributed by atoms with Gasteiger partial charge in [0.2, 0.25) is 0 Å². The molecule has 2 aromatic rings. The van der Waals surface area contributed by atoms with Gasteiger partial charge in [0.05, 0.1) is 11.4 Å². The Labute approximate surface area is 92.0 Å². The Morgan fingerprint density at radius 2 is 1.81 bits per heavy atom. The fourth-order valence-electron chi connectivity index (χ4n) is 1.57. The minimum absolute atomic E-state index is 0.0638. The molecule has 2 nitrogen and oxygen atoms in total. The van der Waals surface area contributed by atoms with Crippen molar-refractivity contribution in [3.63, 3.8) is 0 Å². The smallest absolute Gasteiger partial charge is 0.172 e. The average Bonchev–Trinajstić information content (AvgIpc) is 2.68. The average molecular weight is 225 g/mol. The van der Waals surface area contributed by atoms with E-state index >= 15 is 0 Å². The number of rotatable bonds is 2. The van der Waals surface area contributed by atoms with Gasteiger partial charge in [0.25, 0.3) is 0 Å². The Morgan fingerprint density at radius 3 is 2.38 bits per heavy atom. The number of hydrogen-bond acceptors (Lipinski definition) is 2. The van der Waals surface area contributed by atoms with Crippen molar-refractivity contribution in [1.82, 2.24) is 0 Å². The van der Waals surface area contributed by atoms with Gasteiger partial charge in [0, 0.05) is 0 Å². The van der Waals surface area contributed by atoms with Crippen molar-refractivity contribution in [2.45, 2.75) is 19.9 Å². The molecule has 4 heteroatoms. The topological polar surface area (TPSA) is 39.2 Å². The summed E-state index contributed by atoms with van der Waals surface area (Å²) in [6.45, 7) is 3.84. The Morgan fingerprint density at radius 1 is 1.19 bits per heavy atom. The van der Waals surface area contributed by atoms with E-state index in [1.807, 2.05) is 13.8 Å². The van der Waals surface area contributed by atoms with Crippen LogP contribution in [0.5, 0.6) is 0 Å². The van der Waals surface area contributed by atoms with Gasteiger partial charge in [0.1, 0.15) is 11.6 Å². The summed E-state index contributed by atoms with van der Waals surface area (Å²) in [5, 5.41) is 0.145. The summed E-state index contributed by atoms with van der Waals surface area (Å²) >= 11 is 0. The number of nitrogens with two attached hydrogens (primary N) is 1. The van der Waals surface area contributed by atoms with Gasteiger partial charge in [-0.1, -0.05) is 13.8 Å². The van der Waals surface area contributed by atoms with Crippen LogP contribution in [0.3, 0.4) is 0 Å². The number of fused-ring (bicyclic) bond motifs is 1. The van der Waals surface area contributed by atoms with Gasteiger partial charge in [0.15, 0.2) is 11.4 Å². The largest absolute Gasteiger partial charge is 0.456 e. The molecule has 2 rings (SSSR count). The highest BCUT2D eigenvalue weighted by Gasteiger charge is 2.18. The Bertz CT molecular complexity index is 480. The molecule has 0 amide bonds. The van der Waals surface area contributed by atoms with Crippen molar-refractivity contribution < 1.29 is 13.2 Å². The van der Waals surface area contributed by atoms with Gasteiger partial charge in [-0.15, -0.1) is 0 Å². The summed E-state index contributed by atoms with van der Waals surface area (Å²) in [6.07, 6.45) is 0. The second kappa shape index (κ2) is 3.87. The Hall–Kier alpha value is -1.42. The molecule has 1 heterocycles. The van der Waals surface area contributed by atoms with Crippen LogP contribution in [0.15, 0.2) is 22.6 Å². The fourth-order valence-corrected chi connectivity index (χ4v) is 1.57. The second-order valence-electron chi connectivity index (χ2n) is 4.19. The summed E-state index contributed by atoms with van der Waals surface area (Å²) in [4.78, 5) is 0. The van der Waals surface area contributed by atoms with Gasteiger partial charge < -0.3 is 10.2 Å². The van der Waals surface area contributed by atoms with Crippen LogP contribution in [0.25, 0.3) is 11.0 Å². The van der Waals surface area contributed by atoms with Crippen LogP contribution in [-0.2, 0) is 0 Å². The molecule has 0 radical (unpaired) electrons. The molecule has 1 unspecified atom stereocenters. The highest BCUT2D eigenvalue weighted by molar-refractivity contribution is 5.79. The molecule has 1 aromatic carbocycles. The number of halogens is 2. The molecular weight excluding hydrogens is 212 g/mol. The zero-order valence-electron chi connectivity index (χ0n) is 9.13. The van der Waals surface area contributed by atoms with E-state index in [1.54, 1.807) is 0 Å². The lowest BCUT2D eigenvalue weighted by Crippen LogP contribution is -2.15. The minimum atomic E-state index is -0.571. The van der Waals surface area contributed by atoms with Crippen LogP contribution >= 0.6 is 0 Å². The molecule has 0 spiro atoms. The third-order valence-corrected chi connectivity index (χ3v) is 2.65. The normalized spacial score (nSPS) is 13.6. The lowest BCUT2D eigenvalue weighted by Gasteiger charge is -2.11. The first-order valence-electron chi connectivity index (χ1n) is 5.13. The van der Waals surface area contributed by atoms with Gasteiger partial charge in [-0.2, -0.15) is 0 Å². The molecule has 0 aliphatic heterocycles. The number of furan rings is 1. The molecule has 0 fully saturated rings. The van der Waals surface area contributed by atoms with Gasteiger partial charge in [-0.25, -0.2) is 8.78 Å². The Kier molecular flexibility index (Phi) is 2.68. The van der Waals surface area contributed by atoms with Crippen LogP contribution in [-0.4, -0.2) is 0 Å². The second-order valence-corrected chi connectivity index (χ2v) is 4.19. The summed E-state index contributed by atoms with van der Waals surface area (Å²) in [7, 11) is 0. The van der Waals surface area contributed by atoms with E-state index in [0.29, 0.717) is 5.76 Å². The lowest BCUT2D eigenvalue weighted by atomic mass is 10.0. The molecule has 1 atom stereocenters. The zero-order chi connectivity index (χ0) is 11.9. The van der Waals surface area contributed by atoms with Crippen LogP contribution < -0.4 is 5.73 Å². The highest BCUT2D eigenvalue weighted by atomic mass is 19.1. The molecule has 0 aliphatic rings. The maximum Gasteiger partial charge on any atom is 0.172 e. The van der Waals surface area contributed by atoms with E-state index in [9.17, 15) is 8.78 Å². The van der Waals surface area contributed by atoms with Crippen LogP contribution in [0.2, 0.25) is 0 Å². The molecule has 16 heavy (non-hydrogen) atoms. The number of hydrogen-bond donors (Lipinski definition) is 1. The summed E-state index contributed by atoms with van der Waals surface area (Å²) in [5.41, 5.74) is 5.80. The molecule has 1 aromatic heterocycles. The van der Waals surface area contributed by atoms with Crippen LogP contribution in [0, 0.1) is 17.6 Å². The first-order chi connectivity index (χ1) is 7.50. The van der Waals surface area contributed by atoms with E-state index in [1.165, 1.54) is 6.07 Å². The summed E-state index contributed by atoms with van der Waals surface area (Å²) in [5.74, 6) is -0.512. The van der Waals surface area contributed by atoms with Gasteiger partial charge in [-0.05, 0) is 24.1 Å². The van der Waals surface area contributed by atoms with Crippen molar-refractivity contribution in [2.24, 2.45) is 11.7 Å². The Balaban J connectivity index is 2.60. The van der Waals surface area contributed by atoms with Crippen molar-refractivity contribution in [3.8, 4) is 0 Å². The fraction of sp³-hybridized carbons (Fsp3) is 0.333. The lowest BCUT2D eigenvalue weighted by molar-refractivity contribution is 0.412. The monoisotopic (exact) mass is 225 g/mol. The highest BCUT2D eigenvalue weighted by Crippen LogP contribution is 2.29. The van der Waals surface area contributed by atoms with Gasteiger partial charge in [-0.3, -0.25) is 0 Å². The quantitative estimate of drug-likeness (QED) is 0.851. The maximum absolute atomic E-state index is 13.4. The first-order valence-corrected chi connectivity index (χ1v) is 5.13. The van der Waals surface area contributed by atoms with E-state index < -0.39 is 11.6 Å². The van der Waals surface area contributed by atoms with Crippen LogP contribution in [0.1, 0.15) is 25.6 Å². The number of benzene rings is 1. The summed E-state index contributed by atoms with van der Waals surface area (Å²) < 4.78 is 32.0. The molecular formula is C12H13F2NO. The summed E-state index contributed by atoms with van der Waals surface area (Å²) in [6, 6.07) is 3.24. The van der Waals surface area contributed by atoms with Crippen LogP contribution in [0.4, 0.5) is 8.78 Å². The standard InChI is InChI=1S/C12H13F2NO/c1-6(2)11(15)10-5-7-8(13)3-4-9(14)12(7)16-10/h3-6,11H,15H2,1-2H3. The van der Waals surface area contributed by atoms with Crippen molar-refractivity contribution in [2.75, 3.05) is 0 Å². The zero-order valence-corrected chi connectivity index (χ0v) is 9.13. The van der Waals surface area contributed by atoms with Crippen molar-refractivity contribution in [1.29, 1.82) is 0 Å². The molecule has 86 valence electrons. The minimum Gasteiger partial charge on any atom is -0.456 e. The third-order valence-electron chi connectivity index (χ3n) is 2.65. The molecule has 0 saturated heterocycles. The van der Waals surface area contributed by atoms with Gasteiger partial charge >= 0.3 is 0 Å². The first kappa shape index (κ1) is 11.1. The predicted octanol–water partition coefficient (Wildman–Crippen LogP) is 3.37. The van der Waals surface area contributed by atoms with E-state index in [2.05, 4.69) is 0 Å². The molecule has 0 saturated carbocycles. The van der Waals surface area contributed by atoms with E-state index in [-0.39, 0.29) is 22.9 Å². The molecule has 2 N–H and O–H groups in total.